The molecule has 0 fully saturated rings. The Labute approximate surface area is 188 Å². The topological polar surface area (TPSA) is 49.3 Å². The van der Waals surface area contributed by atoms with Gasteiger partial charge in [-0.15, -0.1) is 35.3 Å². The molecule has 0 amide bonds. The maximum absolute atomic E-state index is 4.36. The Bertz CT molecular complexity index is 849. The Kier molecular flexibility index (Phi) is 9.43. The van der Waals surface area contributed by atoms with E-state index in [-0.39, 0.29) is 24.0 Å². The lowest BCUT2D eigenvalue weighted by molar-refractivity contribution is 0.645. The molecule has 1 unspecified atom stereocenters. The van der Waals surface area contributed by atoms with Crippen molar-refractivity contribution in [2.45, 2.75) is 25.8 Å². The second kappa shape index (κ2) is 11.8. The largest absolute Gasteiger partial charge is 0.356 e. The third-order valence-corrected chi connectivity index (χ3v) is 5.35. The number of hydrogen-bond donors (Lipinski definition) is 2. The van der Waals surface area contributed by atoms with Gasteiger partial charge in [0.25, 0.3) is 0 Å². The summed E-state index contributed by atoms with van der Waals surface area (Å²) in [6.45, 7) is 3.58. The summed E-state index contributed by atoms with van der Waals surface area (Å²) in [7, 11) is 1.81. The number of thiazole rings is 1. The summed E-state index contributed by atoms with van der Waals surface area (Å²) in [5.74, 6) is 1.19. The van der Waals surface area contributed by atoms with E-state index in [1.54, 1.807) is 11.3 Å². The van der Waals surface area contributed by atoms with E-state index < -0.39 is 0 Å². The summed E-state index contributed by atoms with van der Waals surface area (Å²) in [5.41, 5.74) is 2.68. The molecule has 3 aromatic rings. The predicted octanol–water partition coefficient (Wildman–Crippen LogP) is 4.76. The van der Waals surface area contributed by atoms with E-state index in [9.17, 15) is 0 Å². The number of halogens is 1. The van der Waals surface area contributed by atoms with Crippen LogP contribution in [0, 0.1) is 6.92 Å². The summed E-state index contributed by atoms with van der Waals surface area (Å²) >= 11 is 1.71. The van der Waals surface area contributed by atoms with Gasteiger partial charge in [-0.2, -0.15) is 0 Å². The van der Waals surface area contributed by atoms with Gasteiger partial charge < -0.3 is 10.6 Å². The molecule has 4 nitrogen and oxygen atoms in total. The number of benzene rings is 2. The number of rotatable bonds is 7. The van der Waals surface area contributed by atoms with Gasteiger partial charge in [-0.1, -0.05) is 60.7 Å². The van der Waals surface area contributed by atoms with Crippen LogP contribution in [0.1, 0.15) is 26.9 Å². The third kappa shape index (κ3) is 6.91. The zero-order chi connectivity index (χ0) is 18.9. The molecule has 0 aliphatic rings. The van der Waals surface area contributed by atoms with Crippen LogP contribution < -0.4 is 10.6 Å². The standard InChI is InChI=1S/C22H26N4S.HI/c1-17-24-15-21(27-17)16-26-22(23-2)25-14-20(19-11-7-4-8-12-19)13-18-9-5-3-6-10-18;/h3-12,15,20H,13-14,16H2,1-2H3,(H2,23,25,26);1H. The SMILES string of the molecule is CN=C(NCc1cnc(C)s1)NCC(Cc1ccccc1)c1ccccc1.I. The monoisotopic (exact) mass is 506 g/mol. The molecule has 0 saturated carbocycles. The van der Waals surface area contributed by atoms with Crippen LogP contribution in [0.4, 0.5) is 0 Å². The van der Waals surface area contributed by atoms with Crippen LogP contribution in [0.5, 0.6) is 0 Å². The fourth-order valence-corrected chi connectivity index (χ4v) is 3.76. The first kappa shape index (κ1) is 22.4. The molecule has 0 aliphatic heterocycles. The maximum Gasteiger partial charge on any atom is 0.191 e. The molecule has 28 heavy (non-hydrogen) atoms. The van der Waals surface area contributed by atoms with Crippen LogP contribution in [0.25, 0.3) is 0 Å². The van der Waals surface area contributed by atoms with Crippen molar-refractivity contribution in [1.29, 1.82) is 0 Å². The molecule has 6 heteroatoms. The van der Waals surface area contributed by atoms with E-state index in [0.29, 0.717) is 5.92 Å². The summed E-state index contributed by atoms with van der Waals surface area (Å²) in [4.78, 5) is 9.87. The van der Waals surface area contributed by atoms with Crippen molar-refractivity contribution in [2.75, 3.05) is 13.6 Å². The number of aromatic nitrogens is 1. The molecule has 2 N–H and O–H groups in total. The van der Waals surface area contributed by atoms with Gasteiger partial charge in [0.1, 0.15) is 0 Å². The number of nitrogens with zero attached hydrogens (tertiary/aromatic N) is 2. The van der Waals surface area contributed by atoms with Gasteiger partial charge in [-0.25, -0.2) is 4.98 Å². The van der Waals surface area contributed by atoms with E-state index in [1.807, 2.05) is 20.2 Å². The van der Waals surface area contributed by atoms with E-state index in [4.69, 9.17) is 0 Å². The van der Waals surface area contributed by atoms with Gasteiger partial charge in [0.2, 0.25) is 0 Å². The van der Waals surface area contributed by atoms with Crippen molar-refractivity contribution >= 4 is 41.3 Å². The van der Waals surface area contributed by atoms with E-state index in [1.165, 1.54) is 16.0 Å². The maximum atomic E-state index is 4.36. The average molecular weight is 506 g/mol. The predicted molar refractivity (Wildman–Crippen MR) is 130 cm³/mol. The van der Waals surface area contributed by atoms with E-state index >= 15 is 0 Å². The Morgan fingerprint density at radius 3 is 2.32 bits per heavy atom. The smallest absolute Gasteiger partial charge is 0.191 e. The molecule has 1 heterocycles. The Morgan fingerprint density at radius 2 is 1.71 bits per heavy atom. The first-order valence-corrected chi connectivity index (χ1v) is 10.0. The molecule has 1 aromatic heterocycles. The molecule has 0 spiro atoms. The molecule has 2 aromatic carbocycles. The second-order valence-corrected chi connectivity index (χ2v) is 7.77. The zero-order valence-corrected chi connectivity index (χ0v) is 19.4. The second-order valence-electron chi connectivity index (χ2n) is 6.45. The van der Waals surface area contributed by atoms with Gasteiger partial charge in [-0.05, 0) is 24.5 Å². The Balaban J connectivity index is 0.00000280. The van der Waals surface area contributed by atoms with Crippen molar-refractivity contribution < 1.29 is 0 Å². The molecule has 0 radical (unpaired) electrons. The average Bonchev–Trinajstić information content (AvgIpc) is 3.13. The number of aryl methyl sites for hydroxylation is 1. The quantitative estimate of drug-likeness (QED) is 0.276. The van der Waals surface area contributed by atoms with E-state index in [0.717, 1.165) is 30.5 Å². The fraction of sp³-hybridized carbons (Fsp3) is 0.273. The number of aliphatic imine (C=N–C) groups is 1. The number of nitrogens with one attached hydrogen (secondary N) is 2. The lowest BCUT2D eigenvalue weighted by Gasteiger charge is -2.20. The van der Waals surface area contributed by atoms with Gasteiger partial charge >= 0.3 is 0 Å². The van der Waals surface area contributed by atoms with Crippen LogP contribution in [-0.2, 0) is 13.0 Å². The lowest BCUT2D eigenvalue weighted by atomic mass is 9.92. The van der Waals surface area contributed by atoms with Crippen molar-refractivity contribution in [2.24, 2.45) is 4.99 Å². The van der Waals surface area contributed by atoms with Crippen LogP contribution in [0.15, 0.2) is 71.9 Å². The first-order valence-electron chi connectivity index (χ1n) is 9.19. The normalized spacial score (nSPS) is 12.1. The number of hydrogen-bond acceptors (Lipinski definition) is 3. The summed E-state index contributed by atoms with van der Waals surface area (Å²) in [6, 6.07) is 21.3. The summed E-state index contributed by atoms with van der Waals surface area (Å²) in [5, 5.41) is 7.95. The minimum absolute atomic E-state index is 0. The lowest BCUT2D eigenvalue weighted by Crippen LogP contribution is -2.39. The highest BCUT2D eigenvalue weighted by molar-refractivity contribution is 14.0. The highest BCUT2D eigenvalue weighted by Crippen LogP contribution is 2.20. The summed E-state index contributed by atoms with van der Waals surface area (Å²) < 4.78 is 0. The zero-order valence-electron chi connectivity index (χ0n) is 16.3. The molecular formula is C22H27IN4S. The van der Waals surface area contributed by atoms with Gasteiger partial charge in [0, 0.05) is 30.6 Å². The van der Waals surface area contributed by atoms with Crippen molar-refractivity contribution in [3.05, 3.63) is 87.9 Å². The Hall–Kier alpha value is -1.93. The molecule has 0 bridgehead atoms. The number of guanidine groups is 1. The fourth-order valence-electron chi connectivity index (χ4n) is 3.03. The minimum Gasteiger partial charge on any atom is -0.356 e. The molecule has 3 rings (SSSR count). The molecule has 1 atom stereocenters. The van der Waals surface area contributed by atoms with Crippen LogP contribution in [0.3, 0.4) is 0 Å². The first-order chi connectivity index (χ1) is 13.2. The summed E-state index contributed by atoms with van der Waals surface area (Å²) in [6.07, 6.45) is 2.91. The Morgan fingerprint density at radius 1 is 1.04 bits per heavy atom. The van der Waals surface area contributed by atoms with E-state index in [2.05, 4.69) is 81.3 Å². The van der Waals surface area contributed by atoms with Crippen LogP contribution in [0.2, 0.25) is 0 Å². The van der Waals surface area contributed by atoms with Crippen molar-refractivity contribution in [3.63, 3.8) is 0 Å². The molecule has 148 valence electrons. The van der Waals surface area contributed by atoms with Crippen molar-refractivity contribution in [1.82, 2.24) is 15.6 Å². The van der Waals surface area contributed by atoms with Gasteiger partial charge in [0.05, 0.1) is 11.6 Å². The third-order valence-electron chi connectivity index (χ3n) is 4.43. The molecular weight excluding hydrogens is 479 g/mol. The van der Waals surface area contributed by atoms with Crippen LogP contribution >= 0.6 is 35.3 Å². The molecule has 0 saturated heterocycles. The highest BCUT2D eigenvalue weighted by atomic mass is 127. The molecule has 0 aliphatic carbocycles. The van der Waals surface area contributed by atoms with Gasteiger partial charge in [-0.3, -0.25) is 4.99 Å². The highest BCUT2D eigenvalue weighted by Gasteiger charge is 2.13. The van der Waals surface area contributed by atoms with Gasteiger partial charge in [0.15, 0.2) is 5.96 Å². The van der Waals surface area contributed by atoms with Crippen LogP contribution in [-0.4, -0.2) is 24.5 Å². The van der Waals surface area contributed by atoms with Crippen molar-refractivity contribution in [3.8, 4) is 0 Å². The minimum atomic E-state index is 0.